The first-order valence-corrected chi connectivity index (χ1v) is 23.7. The molecule has 0 N–H and O–H groups in total. The van der Waals surface area contributed by atoms with Crippen LogP contribution >= 0.6 is 0 Å². The lowest BCUT2D eigenvalue weighted by Gasteiger charge is -2.44. The van der Waals surface area contributed by atoms with E-state index in [4.69, 9.17) is 66.3 Å². The van der Waals surface area contributed by atoms with Crippen molar-refractivity contribution in [2.45, 2.75) is 112 Å². The fourth-order valence-electron chi connectivity index (χ4n) is 7.08. The van der Waals surface area contributed by atoms with Crippen LogP contribution in [0.25, 0.3) is 0 Å². The number of esters is 12. The van der Waals surface area contributed by atoms with Crippen molar-refractivity contribution in [1.82, 2.24) is 0 Å². The highest BCUT2D eigenvalue weighted by atomic mass is 16.7. The first-order chi connectivity index (χ1) is 37.2. The lowest BCUT2D eigenvalue weighted by atomic mass is 9.97. The third-order valence-electron chi connectivity index (χ3n) is 9.98. The molecule has 0 bridgehead atoms. The summed E-state index contributed by atoms with van der Waals surface area (Å²) >= 11 is 0. The molecule has 1 heterocycles. The predicted octanol–water partition coefficient (Wildman–Crippen LogP) is 3.36. The molecule has 79 heavy (non-hydrogen) atoms. The second-order valence-corrected chi connectivity index (χ2v) is 16.9. The van der Waals surface area contributed by atoms with Gasteiger partial charge in [0.25, 0.3) is 0 Å². The number of benzene rings is 3. The Morgan fingerprint density at radius 1 is 0.405 bits per heavy atom. The summed E-state index contributed by atoms with van der Waals surface area (Å²) in [5.74, 6) is -11.5. The molecule has 26 nitrogen and oxygen atoms in total. The lowest BCUT2D eigenvalue weighted by Crippen LogP contribution is -2.63. The van der Waals surface area contributed by atoms with Crippen LogP contribution in [0.1, 0.15) is 79.0 Å². The summed E-state index contributed by atoms with van der Waals surface area (Å²) in [6.45, 7) is 7.63. The van der Waals surface area contributed by atoms with E-state index in [1.807, 2.05) is 0 Å². The summed E-state index contributed by atoms with van der Waals surface area (Å²) < 4.78 is 76.8. The van der Waals surface area contributed by atoms with E-state index < -0.39 is 141 Å². The Morgan fingerprint density at radius 2 is 0.797 bits per heavy atom. The van der Waals surface area contributed by atoms with Gasteiger partial charge in [-0.1, -0.05) is 18.2 Å². The van der Waals surface area contributed by atoms with Crippen molar-refractivity contribution in [3.8, 4) is 34.5 Å². The molecule has 5 atom stereocenters. The standard InChI is InChI=1S/C53H56O26/c1-27(54)66-17-16-39(24-67-28(2)55)25-69-53-52(79-49(65)23-38-12-15-42(72-31(5)58)45(20-38)75-34(8)61)51(78-48(64)22-37-11-14-41(71-30(4)57)44(19-37)74-33(7)60)50(76-35(9)62)46(77-53)26-68-47(63)21-36-10-13-40(70-29(3)56)43(18-36)73-32(6)59/h10-16,18-20,46,50-53H,17,21-26H2,1-9H3/b39-16+/t46-,50-,51-,52-,53-/m1/s1. The van der Waals surface area contributed by atoms with E-state index in [0.29, 0.717) is 0 Å². The molecule has 0 amide bonds. The van der Waals surface area contributed by atoms with Crippen LogP contribution in [-0.2, 0) is 115 Å². The van der Waals surface area contributed by atoms with Gasteiger partial charge in [-0.25, -0.2) is 0 Å². The Hall–Kier alpha value is -9.04. The van der Waals surface area contributed by atoms with Crippen molar-refractivity contribution in [3.05, 3.63) is 82.9 Å². The van der Waals surface area contributed by atoms with Gasteiger partial charge in [-0.15, -0.1) is 0 Å². The Balaban J connectivity index is 1.84. The number of hydrogen-bond donors (Lipinski definition) is 0. The minimum absolute atomic E-state index is 0.103. The maximum Gasteiger partial charge on any atom is 0.310 e. The molecule has 0 aliphatic carbocycles. The molecule has 4 rings (SSSR count). The van der Waals surface area contributed by atoms with Crippen LogP contribution in [0.2, 0.25) is 0 Å². The van der Waals surface area contributed by atoms with Gasteiger partial charge in [0.15, 0.2) is 59.1 Å². The number of carbonyl (C=O) groups excluding carboxylic acids is 12. The third-order valence-corrected chi connectivity index (χ3v) is 9.98. The van der Waals surface area contributed by atoms with E-state index in [1.165, 1.54) is 60.7 Å². The van der Waals surface area contributed by atoms with E-state index in [0.717, 1.165) is 62.3 Å². The van der Waals surface area contributed by atoms with Crippen molar-refractivity contribution in [2.75, 3.05) is 26.4 Å². The van der Waals surface area contributed by atoms with E-state index in [-0.39, 0.29) is 63.4 Å². The van der Waals surface area contributed by atoms with E-state index in [1.54, 1.807) is 0 Å². The van der Waals surface area contributed by atoms with Crippen molar-refractivity contribution < 1.29 is 124 Å². The quantitative estimate of drug-likeness (QED) is 0.0537. The van der Waals surface area contributed by atoms with Crippen LogP contribution < -0.4 is 28.4 Å². The van der Waals surface area contributed by atoms with Crippen molar-refractivity contribution in [2.24, 2.45) is 0 Å². The summed E-state index contributed by atoms with van der Waals surface area (Å²) in [7, 11) is 0. The zero-order valence-corrected chi connectivity index (χ0v) is 44.2. The molecule has 0 unspecified atom stereocenters. The van der Waals surface area contributed by atoms with Crippen LogP contribution in [0.4, 0.5) is 0 Å². The molecule has 0 saturated carbocycles. The first-order valence-electron chi connectivity index (χ1n) is 23.7. The van der Waals surface area contributed by atoms with Crippen molar-refractivity contribution in [1.29, 1.82) is 0 Å². The van der Waals surface area contributed by atoms with Crippen LogP contribution in [0.3, 0.4) is 0 Å². The smallest absolute Gasteiger partial charge is 0.310 e. The molecule has 1 aliphatic rings. The lowest BCUT2D eigenvalue weighted by molar-refractivity contribution is -0.307. The van der Waals surface area contributed by atoms with Crippen molar-refractivity contribution in [3.63, 3.8) is 0 Å². The monoisotopic (exact) mass is 1110 g/mol. The van der Waals surface area contributed by atoms with Crippen LogP contribution in [0, 0.1) is 0 Å². The number of rotatable bonds is 24. The molecule has 1 saturated heterocycles. The maximum absolute atomic E-state index is 14.2. The minimum atomic E-state index is -1.94. The predicted molar refractivity (Wildman–Crippen MR) is 261 cm³/mol. The largest absolute Gasteiger partial charge is 0.463 e. The average molecular weight is 1110 g/mol. The highest BCUT2D eigenvalue weighted by Gasteiger charge is 2.53. The summed E-state index contributed by atoms with van der Waals surface area (Å²) in [5.41, 5.74) is 0.549. The van der Waals surface area contributed by atoms with E-state index in [9.17, 15) is 57.5 Å². The highest BCUT2D eigenvalue weighted by molar-refractivity contribution is 5.79. The Labute approximate surface area is 450 Å². The van der Waals surface area contributed by atoms with Crippen LogP contribution in [0.5, 0.6) is 34.5 Å². The van der Waals surface area contributed by atoms with E-state index in [2.05, 4.69) is 0 Å². The molecule has 0 spiro atoms. The molecule has 424 valence electrons. The third kappa shape index (κ3) is 21.8. The molecule has 1 fully saturated rings. The Kier molecular flexibility index (Phi) is 23.8. The van der Waals surface area contributed by atoms with Crippen LogP contribution in [-0.4, -0.2) is 129 Å². The normalized spacial score (nSPS) is 16.6. The molecule has 3 aromatic carbocycles. The summed E-state index contributed by atoms with van der Waals surface area (Å²) in [4.78, 5) is 150. The van der Waals surface area contributed by atoms with Gasteiger partial charge >= 0.3 is 71.6 Å². The number of carbonyl (C=O) groups is 12. The fourth-order valence-corrected chi connectivity index (χ4v) is 7.08. The summed E-state index contributed by atoms with van der Waals surface area (Å²) in [5, 5.41) is 0. The molecule has 26 heteroatoms. The summed E-state index contributed by atoms with van der Waals surface area (Å²) in [6.07, 6.45) is -9.76. The average Bonchev–Trinajstić information content (AvgIpc) is 3.32. The van der Waals surface area contributed by atoms with Gasteiger partial charge in [0, 0.05) is 62.3 Å². The topological polar surface area (TPSA) is 334 Å². The molecule has 0 aromatic heterocycles. The SMILES string of the molecule is CC(=O)OC/C=C(\COC(C)=O)CO[C@@H]1O[C@H](COC(=O)Cc2ccc(OC(C)=O)c(OC(C)=O)c2)[C@@H](OC(C)=O)[C@@H](OC(=O)Cc2ccc(OC(C)=O)c(OC(C)=O)c2)[C@H]1OC(=O)Cc1ccc(OC(C)=O)c(OC(C)=O)c1. The second kappa shape index (κ2) is 30.0. The fraction of sp³-hybridized carbons (Fsp3) is 0.396. The maximum atomic E-state index is 14.2. The Bertz CT molecular complexity index is 2850. The van der Waals surface area contributed by atoms with Crippen molar-refractivity contribution >= 4 is 71.6 Å². The molecular weight excluding hydrogens is 1050 g/mol. The molecule has 1 aliphatic heterocycles. The highest BCUT2D eigenvalue weighted by Crippen LogP contribution is 2.34. The molecule has 0 radical (unpaired) electrons. The summed E-state index contributed by atoms with van der Waals surface area (Å²) in [6, 6.07) is 11.4. The van der Waals surface area contributed by atoms with Gasteiger partial charge in [-0.3, -0.25) is 57.5 Å². The van der Waals surface area contributed by atoms with Gasteiger partial charge in [-0.2, -0.15) is 0 Å². The van der Waals surface area contributed by atoms with Gasteiger partial charge in [0.2, 0.25) is 0 Å². The second-order valence-electron chi connectivity index (χ2n) is 16.9. The number of ether oxygens (including phenoxy) is 14. The van der Waals surface area contributed by atoms with Gasteiger partial charge in [-0.05, 0) is 64.7 Å². The zero-order valence-electron chi connectivity index (χ0n) is 44.2. The van der Waals surface area contributed by atoms with Gasteiger partial charge in [0.1, 0.15) is 25.9 Å². The zero-order chi connectivity index (χ0) is 58.5. The number of hydrogen-bond acceptors (Lipinski definition) is 26. The Morgan fingerprint density at radius 3 is 1.19 bits per heavy atom. The minimum Gasteiger partial charge on any atom is -0.463 e. The van der Waals surface area contributed by atoms with Crippen LogP contribution in [0.15, 0.2) is 66.2 Å². The van der Waals surface area contributed by atoms with E-state index >= 15 is 0 Å². The van der Waals surface area contributed by atoms with Gasteiger partial charge in [0.05, 0.1) is 25.9 Å². The first kappa shape index (κ1) is 62.5. The molecular formula is C53H56O26. The van der Waals surface area contributed by atoms with Gasteiger partial charge < -0.3 is 66.3 Å². The molecule has 3 aromatic rings.